The third-order valence-corrected chi connectivity index (χ3v) is 9.79. The normalized spacial score (nSPS) is 18.4. The first kappa shape index (κ1) is 27.8. The van der Waals surface area contributed by atoms with E-state index in [2.05, 4.69) is 51.9 Å². The van der Waals surface area contributed by atoms with Gasteiger partial charge < -0.3 is 30.3 Å². The summed E-state index contributed by atoms with van der Waals surface area (Å²) in [5.74, 6) is 0.222. The second kappa shape index (κ2) is 11.2. The van der Waals surface area contributed by atoms with E-state index >= 15 is 0 Å². The third-order valence-electron chi connectivity index (χ3n) is 8.11. The number of nitrogens with zero attached hydrogens (tertiary/aromatic N) is 4. The number of hydrogen-bond donors (Lipinski definition) is 3. The standard InChI is InChI=1S/C30H34ClN7O2S/c1-17-18(7-5-8-19(17)30-35-23-15-38(16-25(23)41-30)26(39)13-32-2)20-9-6-10-21(27(20)31)34-29(40)28-33-22-14-36(3)12-11-24(22)37(28)4/h5-10,30,32,35H,11-16H2,1-4H3,(H,34,40). The van der Waals surface area contributed by atoms with Crippen LogP contribution in [0.2, 0.25) is 5.02 Å². The molecule has 0 bridgehead atoms. The van der Waals surface area contributed by atoms with Gasteiger partial charge in [0.25, 0.3) is 5.91 Å². The zero-order valence-corrected chi connectivity index (χ0v) is 25.2. The number of hydrogen-bond acceptors (Lipinski definition) is 7. The fourth-order valence-corrected chi connectivity index (χ4v) is 7.49. The van der Waals surface area contributed by atoms with E-state index in [1.807, 2.05) is 40.8 Å². The summed E-state index contributed by atoms with van der Waals surface area (Å²) in [6.45, 7) is 5.39. The van der Waals surface area contributed by atoms with E-state index in [0.717, 1.165) is 53.3 Å². The van der Waals surface area contributed by atoms with Gasteiger partial charge in [-0.05, 0) is 43.8 Å². The Balaban J connectivity index is 1.21. The Morgan fingerprint density at radius 1 is 1.12 bits per heavy atom. The molecule has 2 aromatic carbocycles. The Morgan fingerprint density at radius 3 is 2.68 bits per heavy atom. The van der Waals surface area contributed by atoms with Crippen molar-refractivity contribution in [3.63, 3.8) is 0 Å². The van der Waals surface area contributed by atoms with E-state index in [1.165, 1.54) is 10.5 Å². The van der Waals surface area contributed by atoms with Gasteiger partial charge in [0.05, 0.1) is 36.0 Å². The molecule has 0 aliphatic carbocycles. The minimum atomic E-state index is -0.275. The second-order valence-corrected chi connectivity index (χ2v) is 12.4. The van der Waals surface area contributed by atoms with Gasteiger partial charge in [-0.15, -0.1) is 0 Å². The molecule has 1 unspecified atom stereocenters. The van der Waals surface area contributed by atoms with Crippen LogP contribution < -0.4 is 16.0 Å². The van der Waals surface area contributed by atoms with Crippen molar-refractivity contribution in [2.45, 2.75) is 25.3 Å². The topological polar surface area (TPSA) is 94.5 Å². The van der Waals surface area contributed by atoms with Crippen LogP contribution in [0.1, 0.15) is 38.5 Å². The predicted octanol–water partition coefficient (Wildman–Crippen LogP) is 3.90. The average Bonchev–Trinajstić information content (AvgIpc) is 3.62. The SMILES string of the molecule is CNCC(=O)N1CC2=C(C1)SC(c1cccc(-c3cccc(NC(=O)c4nc5c(n4C)CCN(C)C5)c3Cl)c1C)N2. The highest BCUT2D eigenvalue weighted by atomic mass is 35.5. The lowest BCUT2D eigenvalue weighted by molar-refractivity contribution is -0.128. The maximum Gasteiger partial charge on any atom is 0.291 e. The number of carbonyl (C=O) groups excluding carboxylic acids is 2. The number of imidazole rings is 1. The maximum atomic E-state index is 13.3. The summed E-state index contributed by atoms with van der Waals surface area (Å²) >= 11 is 8.72. The molecule has 6 rings (SSSR count). The van der Waals surface area contributed by atoms with Crippen LogP contribution in [0.25, 0.3) is 11.1 Å². The molecular formula is C30H34ClN7O2S. The molecule has 41 heavy (non-hydrogen) atoms. The summed E-state index contributed by atoms with van der Waals surface area (Å²) in [7, 11) is 5.75. The van der Waals surface area contributed by atoms with Crippen molar-refractivity contribution >= 4 is 40.9 Å². The molecule has 3 N–H and O–H groups in total. The molecule has 0 radical (unpaired) electrons. The lowest BCUT2D eigenvalue weighted by Gasteiger charge is -2.23. The van der Waals surface area contributed by atoms with Crippen molar-refractivity contribution in [3.05, 3.63) is 80.4 Å². The van der Waals surface area contributed by atoms with Crippen molar-refractivity contribution in [2.24, 2.45) is 7.05 Å². The molecule has 214 valence electrons. The highest BCUT2D eigenvalue weighted by molar-refractivity contribution is 8.03. The molecule has 11 heteroatoms. The number of halogens is 1. The van der Waals surface area contributed by atoms with Crippen molar-refractivity contribution in [3.8, 4) is 11.1 Å². The van der Waals surface area contributed by atoms with E-state index in [9.17, 15) is 9.59 Å². The summed E-state index contributed by atoms with van der Waals surface area (Å²) in [5, 5.41) is 10.1. The molecule has 3 aliphatic rings. The molecule has 4 heterocycles. The fourth-order valence-electron chi connectivity index (χ4n) is 5.85. The number of likely N-dealkylation sites (N-methyl/N-ethyl adjacent to an activating group) is 2. The van der Waals surface area contributed by atoms with Gasteiger partial charge >= 0.3 is 0 Å². The molecule has 2 amide bonds. The highest BCUT2D eigenvalue weighted by Crippen LogP contribution is 2.46. The summed E-state index contributed by atoms with van der Waals surface area (Å²) in [6.07, 6.45) is 0.869. The fraction of sp³-hybridized carbons (Fsp3) is 0.367. The van der Waals surface area contributed by atoms with Gasteiger partial charge in [-0.3, -0.25) is 9.59 Å². The number of nitrogens with one attached hydrogen (secondary N) is 3. The second-order valence-electron chi connectivity index (χ2n) is 10.8. The predicted molar refractivity (Wildman–Crippen MR) is 164 cm³/mol. The van der Waals surface area contributed by atoms with Crippen LogP contribution in [0.15, 0.2) is 47.0 Å². The van der Waals surface area contributed by atoms with Gasteiger partial charge in [0.15, 0.2) is 5.82 Å². The minimum absolute atomic E-state index is 0.0663. The Bertz CT molecular complexity index is 1560. The van der Waals surface area contributed by atoms with Crippen molar-refractivity contribution < 1.29 is 9.59 Å². The summed E-state index contributed by atoms with van der Waals surface area (Å²) in [6, 6.07) is 12.0. The van der Waals surface area contributed by atoms with Crippen LogP contribution in [0, 0.1) is 6.92 Å². The lowest BCUT2D eigenvalue weighted by Crippen LogP contribution is -2.37. The number of rotatable bonds is 6. The largest absolute Gasteiger partial charge is 0.370 e. The van der Waals surface area contributed by atoms with Crippen LogP contribution in [0.3, 0.4) is 0 Å². The van der Waals surface area contributed by atoms with Gasteiger partial charge in [-0.2, -0.15) is 0 Å². The molecule has 9 nitrogen and oxygen atoms in total. The van der Waals surface area contributed by atoms with E-state index in [4.69, 9.17) is 11.6 Å². The van der Waals surface area contributed by atoms with E-state index in [1.54, 1.807) is 18.8 Å². The minimum Gasteiger partial charge on any atom is -0.370 e. The molecule has 3 aliphatic heterocycles. The Morgan fingerprint density at radius 2 is 1.90 bits per heavy atom. The Kier molecular flexibility index (Phi) is 7.58. The molecule has 0 spiro atoms. The number of thioether (sulfide) groups is 1. The van der Waals surface area contributed by atoms with Gasteiger partial charge in [-0.25, -0.2) is 4.98 Å². The van der Waals surface area contributed by atoms with Crippen molar-refractivity contribution in [2.75, 3.05) is 45.6 Å². The van der Waals surface area contributed by atoms with E-state index in [-0.39, 0.29) is 17.2 Å². The number of fused-ring (bicyclic) bond motifs is 1. The van der Waals surface area contributed by atoms with Crippen LogP contribution in [-0.2, 0) is 24.8 Å². The number of amides is 2. The third kappa shape index (κ3) is 5.14. The molecular weight excluding hydrogens is 558 g/mol. The Hall–Kier alpha value is -3.31. The number of carbonyl (C=O) groups is 2. The van der Waals surface area contributed by atoms with Gasteiger partial charge in [0.1, 0.15) is 5.37 Å². The molecule has 0 saturated carbocycles. The lowest BCUT2D eigenvalue weighted by atomic mass is 9.95. The van der Waals surface area contributed by atoms with Crippen LogP contribution in [0.4, 0.5) is 5.69 Å². The van der Waals surface area contributed by atoms with Crippen molar-refractivity contribution in [1.29, 1.82) is 0 Å². The summed E-state index contributed by atoms with van der Waals surface area (Å²) < 4.78 is 1.90. The first-order chi connectivity index (χ1) is 19.7. The zero-order chi connectivity index (χ0) is 28.8. The van der Waals surface area contributed by atoms with Gasteiger partial charge in [-0.1, -0.05) is 53.7 Å². The van der Waals surface area contributed by atoms with E-state index in [0.29, 0.717) is 36.2 Å². The van der Waals surface area contributed by atoms with Gasteiger partial charge in [0, 0.05) is 48.4 Å². The monoisotopic (exact) mass is 591 g/mol. The summed E-state index contributed by atoms with van der Waals surface area (Å²) in [4.78, 5) is 35.6. The number of benzene rings is 2. The number of anilines is 1. The number of aromatic nitrogens is 2. The van der Waals surface area contributed by atoms with Gasteiger partial charge in [0.2, 0.25) is 5.91 Å². The molecule has 1 aromatic heterocycles. The quantitative estimate of drug-likeness (QED) is 0.400. The first-order valence-electron chi connectivity index (χ1n) is 13.8. The smallest absolute Gasteiger partial charge is 0.291 e. The highest BCUT2D eigenvalue weighted by Gasteiger charge is 2.35. The van der Waals surface area contributed by atoms with Crippen LogP contribution in [0.5, 0.6) is 0 Å². The Labute approximate surface area is 249 Å². The average molecular weight is 592 g/mol. The molecule has 1 atom stereocenters. The van der Waals surface area contributed by atoms with Crippen LogP contribution in [-0.4, -0.2) is 71.4 Å². The zero-order valence-electron chi connectivity index (χ0n) is 23.7. The summed E-state index contributed by atoms with van der Waals surface area (Å²) in [5.41, 5.74) is 7.90. The van der Waals surface area contributed by atoms with E-state index < -0.39 is 0 Å². The molecule has 0 fully saturated rings. The molecule has 3 aromatic rings. The van der Waals surface area contributed by atoms with Crippen LogP contribution >= 0.6 is 23.4 Å². The molecule has 0 saturated heterocycles. The first-order valence-corrected chi connectivity index (χ1v) is 15.0. The maximum absolute atomic E-state index is 13.3. The van der Waals surface area contributed by atoms with Crippen molar-refractivity contribution in [1.82, 2.24) is 30.0 Å².